The van der Waals surface area contributed by atoms with Crippen molar-refractivity contribution in [2.75, 3.05) is 13.6 Å². The van der Waals surface area contributed by atoms with Crippen LogP contribution >= 0.6 is 24.0 Å². The van der Waals surface area contributed by atoms with Crippen LogP contribution in [0.15, 0.2) is 29.3 Å². The van der Waals surface area contributed by atoms with Crippen molar-refractivity contribution in [1.82, 2.24) is 25.4 Å². The number of aromatic nitrogens is 3. The van der Waals surface area contributed by atoms with Gasteiger partial charge in [0.05, 0.1) is 13.1 Å². The summed E-state index contributed by atoms with van der Waals surface area (Å²) in [6, 6.07) is 6.20. The molecule has 0 bridgehead atoms. The number of nitrogens with one attached hydrogen (secondary N) is 2. The van der Waals surface area contributed by atoms with E-state index in [2.05, 4.69) is 30.4 Å². The average molecular weight is 502 g/mol. The van der Waals surface area contributed by atoms with Gasteiger partial charge in [0.2, 0.25) is 0 Å². The van der Waals surface area contributed by atoms with Gasteiger partial charge in [-0.1, -0.05) is 13.0 Å². The molecule has 28 heavy (non-hydrogen) atoms. The van der Waals surface area contributed by atoms with Gasteiger partial charge in [0, 0.05) is 26.1 Å². The number of guanidine groups is 1. The molecule has 9 heteroatoms. The molecule has 0 radical (unpaired) electrons. The lowest BCUT2D eigenvalue weighted by atomic mass is 10.2. The summed E-state index contributed by atoms with van der Waals surface area (Å²) in [6.45, 7) is 4.13. The van der Waals surface area contributed by atoms with Crippen LogP contribution in [0.25, 0.3) is 0 Å². The topological polar surface area (TPSA) is 76.4 Å². The van der Waals surface area contributed by atoms with Gasteiger partial charge in [-0.2, -0.15) is 0 Å². The predicted molar refractivity (Wildman–Crippen MR) is 118 cm³/mol. The Morgan fingerprint density at radius 2 is 2.18 bits per heavy atom. The highest BCUT2D eigenvalue weighted by molar-refractivity contribution is 14.0. The van der Waals surface area contributed by atoms with Crippen LogP contribution in [-0.4, -0.2) is 40.4 Å². The Kier molecular flexibility index (Phi) is 8.94. The van der Waals surface area contributed by atoms with E-state index in [1.54, 1.807) is 19.2 Å². The summed E-state index contributed by atoms with van der Waals surface area (Å²) < 4.78 is 21.3. The van der Waals surface area contributed by atoms with Gasteiger partial charge in [-0.3, -0.25) is 4.99 Å². The number of ether oxygens (including phenoxy) is 1. The van der Waals surface area contributed by atoms with Gasteiger partial charge in [-0.15, -0.1) is 34.2 Å². The summed E-state index contributed by atoms with van der Waals surface area (Å²) in [5.41, 5.74) is 0. The Morgan fingerprint density at radius 3 is 2.93 bits per heavy atom. The van der Waals surface area contributed by atoms with E-state index in [0.29, 0.717) is 24.8 Å². The Bertz CT molecular complexity index is 782. The van der Waals surface area contributed by atoms with Crippen molar-refractivity contribution >= 4 is 29.9 Å². The molecule has 2 aromatic rings. The highest BCUT2D eigenvalue weighted by atomic mass is 127. The highest BCUT2D eigenvalue weighted by Crippen LogP contribution is 2.15. The number of hydrogen-bond acceptors (Lipinski definition) is 4. The van der Waals surface area contributed by atoms with Crippen molar-refractivity contribution in [2.24, 2.45) is 4.99 Å². The fourth-order valence-electron chi connectivity index (χ4n) is 3.10. The maximum atomic E-state index is 13.3. The molecular formula is C19H28FIN6O. The van der Waals surface area contributed by atoms with E-state index in [1.165, 1.54) is 25.0 Å². The van der Waals surface area contributed by atoms with Crippen molar-refractivity contribution in [3.05, 3.63) is 41.7 Å². The zero-order valence-electron chi connectivity index (χ0n) is 16.3. The van der Waals surface area contributed by atoms with Crippen molar-refractivity contribution < 1.29 is 9.13 Å². The van der Waals surface area contributed by atoms with Gasteiger partial charge in [0.25, 0.3) is 0 Å². The van der Waals surface area contributed by atoms with E-state index < -0.39 is 0 Å². The van der Waals surface area contributed by atoms with E-state index in [4.69, 9.17) is 4.74 Å². The summed E-state index contributed by atoms with van der Waals surface area (Å²) in [5.74, 6) is 2.89. The second kappa shape index (κ2) is 11.2. The molecule has 154 valence electrons. The lowest BCUT2D eigenvalue weighted by Gasteiger charge is -2.20. The van der Waals surface area contributed by atoms with Gasteiger partial charge in [-0.05, 0) is 31.4 Å². The minimum absolute atomic E-state index is 0. The van der Waals surface area contributed by atoms with Crippen molar-refractivity contribution in [1.29, 1.82) is 0 Å². The van der Waals surface area contributed by atoms with Crippen LogP contribution in [0.4, 0.5) is 4.39 Å². The first-order valence-electron chi connectivity index (χ1n) is 9.47. The number of halogens is 2. The minimum Gasteiger partial charge on any atom is -0.489 e. The molecule has 0 fully saturated rings. The summed E-state index contributed by atoms with van der Waals surface area (Å²) in [6.07, 6.45) is 4.04. The third kappa shape index (κ3) is 6.05. The first kappa shape index (κ1) is 22.4. The first-order chi connectivity index (χ1) is 13.2. The number of fused-ring (bicyclic) bond motifs is 1. The Balaban J connectivity index is 0.00000280. The largest absolute Gasteiger partial charge is 0.489 e. The van der Waals surface area contributed by atoms with Crippen LogP contribution < -0.4 is 15.4 Å². The number of aryl methyl sites for hydroxylation is 1. The highest BCUT2D eigenvalue weighted by Gasteiger charge is 2.16. The third-order valence-corrected chi connectivity index (χ3v) is 4.63. The number of hydrogen-bond donors (Lipinski definition) is 2. The van der Waals surface area contributed by atoms with Crippen LogP contribution in [0, 0.1) is 5.82 Å². The summed E-state index contributed by atoms with van der Waals surface area (Å²) >= 11 is 0. The standard InChI is InChI=1S/C19H27FN6O.HI/c1-3-15(27-16-8-6-7-14(20)11-16)12-22-19(21-2)23-13-18-25-24-17-9-4-5-10-26(17)18;/h6-8,11,15H,3-5,9-10,12-13H2,1-2H3,(H2,21,22,23);1H. The maximum absolute atomic E-state index is 13.3. The van der Waals surface area contributed by atoms with Gasteiger partial charge in [-0.25, -0.2) is 4.39 Å². The summed E-state index contributed by atoms with van der Waals surface area (Å²) in [5, 5.41) is 15.1. The molecule has 1 aromatic heterocycles. The fourth-order valence-corrected chi connectivity index (χ4v) is 3.10. The quantitative estimate of drug-likeness (QED) is 0.346. The smallest absolute Gasteiger partial charge is 0.191 e. The van der Waals surface area contributed by atoms with Gasteiger partial charge < -0.3 is 19.9 Å². The van der Waals surface area contributed by atoms with E-state index >= 15 is 0 Å². The van der Waals surface area contributed by atoms with Crippen molar-refractivity contribution in [3.8, 4) is 5.75 Å². The third-order valence-electron chi connectivity index (χ3n) is 4.63. The monoisotopic (exact) mass is 502 g/mol. The molecule has 0 aliphatic carbocycles. The lowest BCUT2D eigenvalue weighted by molar-refractivity contribution is 0.198. The molecule has 1 aliphatic heterocycles. The SMILES string of the molecule is CCC(CNC(=NC)NCc1nnc2n1CCCC2)Oc1cccc(F)c1.I. The molecule has 0 spiro atoms. The van der Waals surface area contributed by atoms with Crippen LogP contribution in [0.2, 0.25) is 0 Å². The van der Waals surface area contributed by atoms with Crippen molar-refractivity contribution in [3.63, 3.8) is 0 Å². The minimum atomic E-state index is -0.301. The molecule has 3 rings (SSSR count). The zero-order valence-corrected chi connectivity index (χ0v) is 18.7. The fraction of sp³-hybridized carbons (Fsp3) is 0.526. The van der Waals surface area contributed by atoms with Crippen LogP contribution in [-0.2, 0) is 19.5 Å². The van der Waals surface area contributed by atoms with Gasteiger partial charge >= 0.3 is 0 Å². The molecule has 2 heterocycles. The molecule has 1 unspecified atom stereocenters. The van der Waals surface area contributed by atoms with Crippen LogP contribution in [0.3, 0.4) is 0 Å². The number of aliphatic imine (C=N–C) groups is 1. The molecule has 0 saturated carbocycles. The van der Waals surface area contributed by atoms with Crippen LogP contribution in [0.5, 0.6) is 5.75 Å². The van der Waals surface area contributed by atoms with E-state index in [0.717, 1.165) is 31.0 Å². The second-order valence-corrected chi connectivity index (χ2v) is 6.55. The molecular weight excluding hydrogens is 474 g/mol. The van der Waals surface area contributed by atoms with Gasteiger partial charge in [0.15, 0.2) is 11.8 Å². The van der Waals surface area contributed by atoms with E-state index in [1.807, 2.05) is 6.92 Å². The molecule has 2 N–H and O–H groups in total. The average Bonchev–Trinajstić information content (AvgIpc) is 3.10. The molecule has 7 nitrogen and oxygen atoms in total. The molecule has 0 amide bonds. The molecule has 0 saturated heterocycles. The number of benzene rings is 1. The second-order valence-electron chi connectivity index (χ2n) is 6.55. The molecule has 1 aliphatic rings. The normalized spacial score (nSPS) is 14.6. The van der Waals surface area contributed by atoms with E-state index in [9.17, 15) is 4.39 Å². The number of nitrogens with zero attached hydrogens (tertiary/aromatic N) is 4. The Labute approximate surface area is 182 Å². The summed E-state index contributed by atoms with van der Waals surface area (Å²) in [7, 11) is 1.73. The molecule has 1 aromatic carbocycles. The lowest BCUT2D eigenvalue weighted by Crippen LogP contribution is -2.42. The van der Waals surface area contributed by atoms with Crippen molar-refractivity contribution in [2.45, 2.75) is 51.8 Å². The zero-order chi connectivity index (χ0) is 19.1. The van der Waals surface area contributed by atoms with E-state index in [-0.39, 0.29) is 35.9 Å². The van der Waals surface area contributed by atoms with Gasteiger partial charge in [0.1, 0.15) is 23.5 Å². The summed E-state index contributed by atoms with van der Waals surface area (Å²) in [4.78, 5) is 4.25. The predicted octanol–water partition coefficient (Wildman–Crippen LogP) is 2.89. The Hall–Kier alpha value is -1.91. The maximum Gasteiger partial charge on any atom is 0.191 e. The van der Waals surface area contributed by atoms with Crippen LogP contribution in [0.1, 0.15) is 37.8 Å². The number of rotatable bonds is 7. The first-order valence-corrected chi connectivity index (χ1v) is 9.47. The Morgan fingerprint density at radius 1 is 1.32 bits per heavy atom. The molecule has 1 atom stereocenters.